The largest absolute Gasteiger partial charge is 0.0859 e. The van der Waals surface area contributed by atoms with Gasteiger partial charge in [-0.15, -0.1) is 0 Å². The Morgan fingerprint density at radius 2 is 1.07 bits per heavy atom. The normalized spacial score (nSPS) is 14.5. The first-order valence-corrected chi connectivity index (χ1v) is 18.3. The van der Waals surface area contributed by atoms with Crippen molar-refractivity contribution >= 4 is 49.3 Å². The lowest BCUT2D eigenvalue weighted by atomic mass is 9.77. The van der Waals surface area contributed by atoms with Crippen LogP contribution in [0.15, 0.2) is 121 Å². The summed E-state index contributed by atoms with van der Waals surface area (Å²) in [7, 11) is 1.52. The molecule has 1 aliphatic carbocycles. The molecule has 2 unspecified atom stereocenters. The standard InChI is InChI=1S/C41H40P2/c1-29-38(27-42-32-18-7-3-8-19-32)39(28-43-33-20-9-4-10-21-33)36-23-13-14-24-37(36)40(29)41-34-22-12-11-17-31(34)25-26-35(41)30-15-5-2-6-16-30/h3-4,7-14,17-26,30,42-43H,2,5-6,15-16,27-28H2,1H3. The van der Waals surface area contributed by atoms with Gasteiger partial charge in [-0.2, -0.15) is 0 Å². The maximum absolute atomic E-state index is 2.48. The van der Waals surface area contributed by atoms with Gasteiger partial charge in [-0.05, 0) is 104 Å². The highest BCUT2D eigenvalue weighted by Gasteiger charge is 2.25. The van der Waals surface area contributed by atoms with Crippen LogP contribution in [0.25, 0.3) is 32.7 Å². The van der Waals surface area contributed by atoms with E-state index in [1.165, 1.54) is 80.9 Å². The van der Waals surface area contributed by atoms with Crippen molar-refractivity contribution in [2.45, 2.75) is 57.3 Å². The van der Waals surface area contributed by atoms with Crippen LogP contribution in [0.1, 0.15) is 60.3 Å². The molecule has 43 heavy (non-hydrogen) atoms. The molecular weight excluding hydrogens is 554 g/mol. The van der Waals surface area contributed by atoms with Crippen LogP contribution in [0, 0.1) is 6.92 Å². The van der Waals surface area contributed by atoms with Crippen LogP contribution in [0.4, 0.5) is 0 Å². The molecule has 1 saturated carbocycles. The van der Waals surface area contributed by atoms with Crippen LogP contribution in [0.5, 0.6) is 0 Å². The average molecular weight is 595 g/mol. The molecule has 6 aromatic rings. The first-order valence-electron chi connectivity index (χ1n) is 15.9. The summed E-state index contributed by atoms with van der Waals surface area (Å²) in [6.45, 7) is 2.44. The Morgan fingerprint density at radius 1 is 0.512 bits per heavy atom. The SMILES string of the molecule is Cc1c(CPc2ccccc2)c(CPc2ccccc2)c2ccccc2c1-c1c(C2CCCCC2)ccc2ccccc12. The van der Waals surface area contributed by atoms with Crippen LogP contribution in [0.3, 0.4) is 0 Å². The van der Waals surface area contributed by atoms with E-state index in [0.29, 0.717) is 5.92 Å². The van der Waals surface area contributed by atoms with Gasteiger partial charge in [0.05, 0.1) is 0 Å². The molecule has 0 N–H and O–H groups in total. The zero-order valence-corrected chi connectivity index (χ0v) is 27.1. The minimum absolute atomic E-state index is 0.639. The zero-order valence-electron chi connectivity index (χ0n) is 25.1. The van der Waals surface area contributed by atoms with Crippen LogP contribution in [0.2, 0.25) is 0 Å². The maximum atomic E-state index is 2.48. The molecule has 0 spiro atoms. The minimum atomic E-state index is 0.639. The molecule has 0 radical (unpaired) electrons. The predicted molar refractivity (Wildman–Crippen MR) is 194 cm³/mol. The Balaban J connectivity index is 1.47. The molecule has 0 aromatic heterocycles. The summed E-state index contributed by atoms with van der Waals surface area (Å²) in [4.78, 5) is 0. The second kappa shape index (κ2) is 13.1. The lowest BCUT2D eigenvalue weighted by Crippen LogP contribution is -2.08. The van der Waals surface area contributed by atoms with Crippen molar-refractivity contribution in [2.24, 2.45) is 0 Å². The lowest BCUT2D eigenvalue weighted by Gasteiger charge is -2.28. The Labute approximate surface area is 260 Å². The molecule has 0 heterocycles. The summed E-state index contributed by atoms with van der Waals surface area (Å²) in [5.74, 6) is 0.639. The first-order chi connectivity index (χ1) is 21.3. The molecule has 1 aliphatic rings. The van der Waals surface area contributed by atoms with Gasteiger partial charge in [-0.3, -0.25) is 0 Å². The Bertz CT molecular complexity index is 1850. The van der Waals surface area contributed by atoms with Crippen molar-refractivity contribution in [2.75, 3.05) is 0 Å². The van der Waals surface area contributed by atoms with Gasteiger partial charge in [0.1, 0.15) is 0 Å². The second-order valence-electron chi connectivity index (χ2n) is 12.0. The van der Waals surface area contributed by atoms with Crippen LogP contribution in [-0.4, -0.2) is 0 Å². The molecule has 0 bridgehead atoms. The number of rotatable bonds is 8. The van der Waals surface area contributed by atoms with Crippen molar-refractivity contribution in [3.8, 4) is 11.1 Å². The lowest BCUT2D eigenvalue weighted by molar-refractivity contribution is 0.444. The molecule has 0 saturated heterocycles. The van der Waals surface area contributed by atoms with E-state index in [1.54, 1.807) is 16.7 Å². The van der Waals surface area contributed by atoms with E-state index >= 15 is 0 Å². The van der Waals surface area contributed by atoms with E-state index in [-0.39, 0.29) is 0 Å². The van der Waals surface area contributed by atoms with Gasteiger partial charge >= 0.3 is 0 Å². The number of hydrogen-bond donors (Lipinski definition) is 0. The summed E-state index contributed by atoms with van der Waals surface area (Å²) in [5.41, 5.74) is 9.17. The van der Waals surface area contributed by atoms with Gasteiger partial charge in [-0.25, -0.2) is 0 Å². The van der Waals surface area contributed by atoms with E-state index in [2.05, 4.69) is 128 Å². The maximum Gasteiger partial charge on any atom is -0.00511 e. The van der Waals surface area contributed by atoms with Gasteiger partial charge in [0, 0.05) is 0 Å². The molecular formula is C41H40P2. The molecule has 214 valence electrons. The van der Waals surface area contributed by atoms with E-state index in [0.717, 1.165) is 29.5 Å². The molecule has 0 aliphatic heterocycles. The minimum Gasteiger partial charge on any atom is -0.0859 e. The van der Waals surface area contributed by atoms with Crippen molar-refractivity contribution in [1.29, 1.82) is 0 Å². The van der Waals surface area contributed by atoms with Gasteiger partial charge in [0.2, 0.25) is 0 Å². The molecule has 1 fully saturated rings. The van der Waals surface area contributed by atoms with Gasteiger partial charge in [0.15, 0.2) is 0 Å². The highest BCUT2D eigenvalue weighted by atomic mass is 31.1. The third-order valence-corrected chi connectivity index (χ3v) is 12.0. The second-order valence-corrected chi connectivity index (χ2v) is 14.6. The van der Waals surface area contributed by atoms with Crippen LogP contribution < -0.4 is 10.6 Å². The molecule has 0 nitrogen and oxygen atoms in total. The van der Waals surface area contributed by atoms with Gasteiger partial charge in [-0.1, -0.05) is 158 Å². The van der Waals surface area contributed by atoms with Crippen molar-refractivity contribution in [1.82, 2.24) is 0 Å². The first kappa shape index (κ1) is 28.5. The molecule has 7 rings (SSSR count). The van der Waals surface area contributed by atoms with Crippen molar-refractivity contribution < 1.29 is 0 Å². The summed E-state index contributed by atoms with van der Waals surface area (Å²) >= 11 is 0. The van der Waals surface area contributed by atoms with Crippen LogP contribution >= 0.6 is 17.2 Å². The van der Waals surface area contributed by atoms with E-state index in [4.69, 9.17) is 0 Å². The number of hydrogen-bond acceptors (Lipinski definition) is 0. The smallest absolute Gasteiger partial charge is 0.00511 e. The fourth-order valence-corrected chi connectivity index (χ4v) is 9.78. The number of fused-ring (bicyclic) bond motifs is 2. The van der Waals surface area contributed by atoms with Gasteiger partial charge < -0.3 is 0 Å². The topological polar surface area (TPSA) is 0 Å². The van der Waals surface area contributed by atoms with E-state index < -0.39 is 0 Å². The summed E-state index contributed by atoms with van der Waals surface area (Å²) < 4.78 is 0. The molecule has 2 heteroatoms. The molecule has 0 amide bonds. The quantitative estimate of drug-likeness (QED) is 0.154. The fraction of sp³-hybridized carbons (Fsp3) is 0.220. The van der Waals surface area contributed by atoms with Crippen LogP contribution in [-0.2, 0) is 12.3 Å². The van der Waals surface area contributed by atoms with E-state index in [1.807, 2.05) is 0 Å². The fourth-order valence-electron chi connectivity index (χ4n) is 7.28. The summed E-state index contributed by atoms with van der Waals surface area (Å²) in [6.07, 6.45) is 8.86. The average Bonchev–Trinajstić information content (AvgIpc) is 3.08. The van der Waals surface area contributed by atoms with Crippen molar-refractivity contribution in [3.05, 3.63) is 144 Å². The third kappa shape index (κ3) is 5.94. The molecule has 6 aromatic carbocycles. The number of benzene rings is 6. The highest BCUT2D eigenvalue weighted by Crippen LogP contribution is 2.47. The highest BCUT2D eigenvalue weighted by molar-refractivity contribution is 7.46. The summed E-state index contributed by atoms with van der Waals surface area (Å²) in [5, 5.41) is 8.52. The monoisotopic (exact) mass is 594 g/mol. The Morgan fingerprint density at radius 3 is 1.74 bits per heavy atom. The predicted octanol–water partition coefficient (Wildman–Crippen LogP) is 11.0. The summed E-state index contributed by atoms with van der Waals surface area (Å²) in [6, 6.07) is 45.5. The third-order valence-electron chi connectivity index (χ3n) is 9.46. The molecule has 2 atom stereocenters. The van der Waals surface area contributed by atoms with Crippen molar-refractivity contribution in [3.63, 3.8) is 0 Å². The van der Waals surface area contributed by atoms with Gasteiger partial charge in [0.25, 0.3) is 0 Å². The Hall–Kier alpha value is -3.30. The van der Waals surface area contributed by atoms with E-state index in [9.17, 15) is 0 Å². The zero-order chi connectivity index (χ0) is 29.0. The Kier molecular flexibility index (Phi) is 8.70.